The normalized spacial score (nSPS) is 21.3. The van der Waals surface area contributed by atoms with E-state index >= 15 is 0 Å². The lowest BCUT2D eigenvalue weighted by Gasteiger charge is -2.41. The van der Waals surface area contributed by atoms with Crippen LogP contribution in [0.4, 0.5) is 0 Å². The lowest BCUT2D eigenvalue weighted by molar-refractivity contribution is 0.0666. The molecule has 1 unspecified atom stereocenters. The molecule has 0 amide bonds. The van der Waals surface area contributed by atoms with Gasteiger partial charge < -0.3 is 4.74 Å². The zero-order valence-electron chi connectivity index (χ0n) is 13.7. The third kappa shape index (κ3) is 4.32. The molecule has 1 aliphatic rings. The van der Waals surface area contributed by atoms with Crippen LogP contribution in [0, 0.1) is 0 Å². The first-order chi connectivity index (χ1) is 10.1. The molecule has 21 heavy (non-hydrogen) atoms. The predicted octanol–water partition coefficient (Wildman–Crippen LogP) is 3.12. The minimum atomic E-state index is 0.637. The fourth-order valence-electron chi connectivity index (χ4n) is 3.11. The Bertz CT molecular complexity index is 470. The molecule has 1 aliphatic heterocycles. The number of hydrogen-bond acceptors (Lipinski definition) is 3. The zero-order valence-corrected chi connectivity index (χ0v) is 13.7. The molecule has 2 rings (SSSR count). The van der Waals surface area contributed by atoms with Gasteiger partial charge in [0.15, 0.2) is 0 Å². The van der Waals surface area contributed by atoms with E-state index in [0.29, 0.717) is 12.1 Å². The standard InChI is InChI=1S/C18H28N2O/c1-15(2)20-13-12-19(14-16(20)3)11-7-9-17-8-5-6-10-18(17)21-4/h5-10,15-16H,11-14H2,1-4H3/b9-7+. The van der Waals surface area contributed by atoms with Crippen molar-refractivity contribution in [2.75, 3.05) is 33.3 Å². The number of hydrogen-bond donors (Lipinski definition) is 0. The van der Waals surface area contributed by atoms with Crippen LogP contribution in [0.5, 0.6) is 5.75 Å². The van der Waals surface area contributed by atoms with E-state index in [1.807, 2.05) is 18.2 Å². The maximum Gasteiger partial charge on any atom is 0.126 e. The van der Waals surface area contributed by atoms with E-state index in [-0.39, 0.29) is 0 Å². The van der Waals surface area contributed by atoms with Crippen LogP contribution in [0.15, 0.2) is 30.3 Å². The monoisotopic (exact) mass is 288 g/mol. The Morgan fingerprint density at radius 1 is 1.29 bits per heavy atom. The number of para-hydroxylation sites is 1. The summed E-state index contributed by atoms with van der Waals surface area (Å²) in [7, 11) is 1.72. The number of benzene rings is 1. The van der Waals surface area contributed by atoms with Crippen LogP contribution in [0.1, 0.15) is 26.3 Å². The van der Waals surface area contributed by atoms with Crippen molar-refractivity contribution in [3.8, 4) is 5.75 Å². The van der Waals surface area contributed by atoms with E-state index in [0.717, 1.165) is 30.9 Å². The van der Waals surface area contributed by atoms with E-state index in [2.05, 4.69) is 48.8 Å². The lowest BCUT2D eigenvalue weighted by atomic mass is 10.1. The second-order valence-electron chi connectivity index (χ2n) is 6.08. The topological polar surface area (TPSA) is 15.7 Å². The van der Waals surface area contributed by atoms with E-state index in [1.54, 1.807) is 7.11 Å². The summed E-state index contributed by atoms with van der Waals surface area (Å²) in [6.07, 6.45) is 4.41. The van der Waals surface area contributed by atoms with E-state index < -0.39 is 0 Å². The van der Waals surface area contributed by atoms with Gasteiger partial charge in [0.1, 0.15) is 5.75 Å². The van der Waals surface area contributed by atoms with Gasteiger partial charge in [-0.3, -0.25) is 9.80 Å². The first-order valence-corrected chi connectivity index (χ1v) is 7.89. The van der Waals surface area contributed by atoms with Crippen LogP contribution < -0.4 is 4.74 Å². The van der Waals surface area contributed by atoms with Gasteiger partial charge in [0.25, 0.3) is 0 Å². The van der Waals surface area contributed by atoms with Gasteiger partial charge in [0.2, 0.25) is 0 Å². The Balaban J connectivity index is 1.88. The number of piperazine rings is 1. The molecule has 1 aromatic rings. The van der Waals surface area contributed by atoms with E-state index in [4.69, 9.17) is 4.74 Å². The maximum atomic E-state index is 5.37. The minimum absolute atomic E-state index is 0.637. The summed E-state index contributed by atoms with van der Waals surface area (Å²) in [6.45, 7) is 11.4. The Hall–Kier alpha value is -1.32. The van der Waals surface area contributed by atoms with Gasteiger partial charge >= 0.3 is 0 Å². The molecule has 0 spiro atoms. The molecule has 116 valence electrons. The summed E-state index contributed by atoms with van der Waals surface area (Å²) in [4.78, 5) is 5.11. The lowest BCUT2D eigenvalue weighted by Crippen LogP contribution is -2.54. The highest BCUT2D eigenvalue weighted by Gasteiger charge is 2.24. The van der Waals surface area contributed by atoms with Gasteiger partial charge in [-0.1, -0.05) is 30.4 Å². The second kappa shape index (κ2) is 7.62. The zero-order chi connectivity index (χ0) is 15.2. The molecular weight excluding hydrogens is 260 g/mol. The van der Waals surface area contributed by atoms with Crippen LogP contribution in [-0.2, 0) is 0 Å². The highest BCUT2D eigenvalue weighted by atomic mass is 16.5. The van der Waals surface area contributed by atoms with Crippen LogP contribution >= 0.6 is 0 Å². The molecular formula is C18H28N2O. The Morgan fingerprint density at radius 3 is 2.71 bits per heavy atom. The predicted molar refractivity (Wildman–Crippen MR) is 89.8 cm³/mol. The SMILES string of the molecule is COc1ccccc1/C=C/CN1CCN(C(C)C)C(C)C1. The average molecular weight is 288 g/mol. The molecule has 0 saturated carbocycles. The van der Waals surface area contributed by atoms with Crippen LogP contribution in [0.25, 0.3) is 6.08 Å². The van der Waals surface area contributed by atoms with Crippen molar-refractivity contribution in [3.05, 3.63) is 35.9 Å². The minimum Gasteiger partial charge on any atom is -0.496 e. The van der Waals surface area contributed by atoms with Crippen LogP contribution in [0.2, 0.25) is 0 Å². The fourth-order valence-corrected chi connectivity index (χ4v) is 3.11. The molecule has 3 nitrogen and oxygen atoms in total. The molecule has 1 heterocycles. The fraction of sp³-hybridized carbons (Fsp3) is 0.556. The van der Waals surface area contributed by atoms with Gasteiger partial charge in [-0.05, 0) is 26.8 Å². The third-order valence-electron chi connectivity index (χ3n) is 4.23. The van der Waals surface area contributed by atoms with Gasteiger partial charge in [-0.15, -0.1) is 0 Å². The largest absolute Gasteiger partial charge is 0.496 e. The summed E-state index contributed by atoms with van der Waals surface area (Å²) in [5, 5.41) is 0. The summed E-state index contributed by atoms with van der Waals surface area (Å²) < 4.78 is 5.37. The quantitative estimate of drug-likeness (QED) is 0.828. The second-order valence-corrected chi connectivity index (χ2v) is 6.08. The number of nitrogens with zero attached hydrogens (tertiary/aromatic N) is 2. The molecule has 0 bridgehead atoms. The van der Waals surface area contributed by atoms with Crippen molar-refractivity contribution in [1.29, 1.82) is 0 Å². The van der Waals surface area contributed by atoms with Crippen molar-refractivity contribution >= 4 is 6.08 Å². The molecule has 0 radical (unpaired) electrons. The van der Waals surface area contributed by atoms with Crippen molar-refractivity contribution in [2.45, 2.75) is 32.9 Å². The van der Waals surface area contributed by atoms with Crippen molar-refractivity contribution in [1.82, 2.24) is 9.80 Å². The summed E-state index contributed by atoms with van der Waals surface area (Å²) in [5.74, 6) is 0.937. The molecule has 3 heteroatoms. The van der Waals surface area contributed by atoms with Crippen molar-refractivity contribution in [3.63, 3.8) is 0 Å². The number of methoxy groups -OCH3 is 1. The molecule has 0 aliphatic carbocycles. The third-order valence-corrected chi connectivity index (χ3v) is 4.23. The summed E-state index contributed by atoms with van der Waals surface area (Å²) >= 11 is 0. The van der Waals surface area contributed by atoms with Crippen molar-refractivity contribution < 1.29 is 4.74 Å². The molecule has 1 fully saturated rings. The van der Waals surface area contributed by atoms with E-state index in [9.17, 15) is 0 Å². The van der Waals surface area contributed by atoms with Crippen LogP contribution in [-0.4, -0.2) is 55.2 Å². The molecule has 1 aromatic carbocycles. The molecule has 0 aromatic heterocycles. The molecule has 1 saturated heterocycles. The average Bonchev–Trinajstić information content (AvgIpc) is 2.47. The van der Waals surface area contributed by atoms with Crippen molar-refractivity contribution in [2.24, 2.45) is 0 Å². The summed E-state index contributed by atoms with van der Waals surface area (Å²) in [5.41, 5.74) is 1.15. The number of ether oxygens (including phenoxy) is 1. The van der Waals surface area contributed by atoms with Crippen LogP contribution in [0.3, 0.4) is 0 Å². The Kier molecular flexibility index (Phi) is 5.83. The highest BCUT2D eigenvalue weighted by molar-refractivity contribution is 5.57. The van der Waals surface area contributed by atoms with Gasteiger partial charge in [0, 0.05) is 43.8 Å². The summed E-state index contributed by atoms with van der Waals surface area (Å²) in [6, 6.07) is 9.43. The highest BCUT2D eigenvalue weighted by Crippen LogP contribution is 2.19. The smallest absolute Gasteiger partial charge is 0.126 e. The molecule has 1 atom stereocenters. The Labute approximate surface area is 129 Å². The van der Waals surface area contributed by atoms with E-state index in [1.165, 1.54) is 6.54 Å². The molecule has 0 N–H and O–H groups in total. The van der Waals surface area contributed by atoms with Gasteiger partial charge in [-0.25, -0.2) is 0 Å². The van der Waals surface area contributed by atoms with Gasteiger partial charge in [-0.2, -0.15) is 0 Å². The Morgan fingerprint density at radius 2 is 2.05 bits per heavy atom. The maximum absolute atomic E-state index is 5.37. The number of rotatable bonds is 5. The first-order valence-electron chi connectivity index (χ1n) is 7.89. The first kappa shape index (κ1) is 16.1. The van der Waals surface area contributed by atoms with Gasteiger partial charge in [0.05, 0.1) is 7.11 Å².